The largest absolute Gasteiger partial charge is 0.468 e. The Kier molecular flexibility index (Phi) is 6.99. The number of ether oxygens (including phenoxy) is 1. The van der Waals surface area contributed by atoms with Gasteiger partial charge in [-0.2, -0.15) is 13.2 Å². The Bertz CT molecular complexity index is 446. The van der Waals surface area contributed by atoms with E-state index in [-0.39, 0.29) is 6.04 Å². The number of carbonyl (C=O) groups excluding carboxylic acids is 3. The van der Waals surface area contributed by atoms with Crippen molar-refractivity contribution in [2.24, 2.45) is 5.92 Å². The normalized spacial score (nSPS) is 18.8. The van der Waals surface area contributed by atoms with E-state index in [0.29, 0.717) is 12.8 Å². The van der Waals surface area contributed by atoms with Crippen LogP contribution in [0, 0.1) is 5.92 Å². The number of ketones is 1. The summed E-state index contributed by atoms with van der Waals surface area (Å²) in [7, 11) is 0.946. The minimum absolute atomic E-state index is 0.200. The van der Waals surface area contributed by atoms with Gasteiger partial charge < -0.3 is 15.2 Å². The van der Waals surface area contributed by atoms with Crippen molar-refractivity contribution in [1.82, 2.24) is 5.32 Å². The molecular formula is C14H20F3NO5. The molecule has 0 aromatic rings. The van der Waals surface area contributed by atoms with Crippen molar-refractivity contribution in [3.63, 3.8) is 0 Å². The Morgan fingerprint density at radius 2 is 1.78 bits per heavy atom. The number of esters is 1. The molecule has 0 bridgehead atoms. The van der Waals surface area contributed by atoms with Crippen molar-refractivity contribution in [3.8, 4) is 0 Å². The van der Waals surface area contributed by atoms with E-state index < -0.39 is 42.3 Å². The van der Waals surface area contributed by atoms with Gasteiger partial charge in [0, 0.05) is 12.5 Å². The van der Waals surface area contributed by atoms with Crippen LogP contribution in [0.2, 0.25) is 0 Å². The second-order valence-corrected chi connectivity index (χ2v) is 5.54. The van der Waals surface area contributed by atoms with E-state index in [1.165, 1.54) is 0 Å². The first-order valence-electron chi connectivity index (χ1n) is 7.33. The highest BCUT2D eigenvalue weighted by Crippen LogP contribution is 2.22. The zero-order chi connectivity index (χ0) is 17.6. The summed E-state index contributed by atoms with van der Waals surface area (Å²) in [5.74, 6) is -6.18. The van der Waals surface area contributed by atoms with Crippen molar-refractivity contribution in [3.05, 3.63) is 0 Å². The lowest BCUT2D eigenvalue weighted by Gasteiger charge is -2.26. The van der Waals surface area contributed by atoms with E-state index in [4.69, 9.17) is 0 Å². The van der Waals surface area contributed by atoms with E-state index in [1.54, 1.807) is 0 Å². The number of rotatable bonds is 6. The Morgan fingerprint density at radius 3 is 2.26 bits per heavy atom. The first-order chi connectivity index (χ1) is 10.7. The first kappa shape index (κ1) is 19.4. The molecule has 132 valence electrons. The van der Waals surface area contributed by atoms with Crippen molar-refractivity contribution in [2.75, 3.05) is 7.11 Å². The van der Waals surface area contributed by atoms with Crippen LogP contribution in [0.3, 0.4) is 0 Å². The lowest BCUT2D eigenvalue weighted by atomic mass is 9.93. The van der Waals surface area contributed by atoms with Crippen LogP contribution >= 0.6 is 0 Å². The van der Waals surface area contributed by atoms with Gasteiger partial charge >= 0.3 is 12.1 Å². The molecule has 2 unspecified atom stereocenters. The van der Waals surface area contributed by atoms with Gasteiger partial charge in [-0.15, -0.1) is 0 Å². The van der Waals surface area contributed by atoms with Crippen molar-refractivity contribution < 1.29 is 37.4 Å². The van der Waals surface area contributed by atoms with Crippen LogP contribution in [0.1, 0.15) is 38.5 Å². The number of carbonyl (C=O) groups is 3. The first-order valence-corrected chi connectivity index (χ1v) is 7.33. The molecular weight excluding hydrogens is 319 g/mol. The van der Waals surface area contributed by atoms with Crippen LogP contribution < -0.4 is 5.32 Å². The van der Waals surface area contributed by atoms with Crippen LogP contribution in [0.25, 0.3) is 0 Å². The molecule has 0 spiro atoms. The fourth-order valence-corrected chi connectivity index (χ4v) is 2.53. The fourth-order valence-electron chi connectivity index (χ4n) is 2.53. The van der Waals surface area contributed by atoms with E-state index in [1.807, 2.05) is 0 Å². The minimum Gasteiger partial charge on any atom is -0.468 e. The third kappa shape index (κ3) is 5.81. The molecule has 6 nitrogen and oxygen atoms in total. The molecule has 1 fully saturated rings. The zero-order valence-electron chi connectivity index (χ0n) is 12.7. The van der Waals surface area contributed by atoms with E-state index in [0.717, 1.165) is 26.4 Å². The Morgan fingerprint density at radius 1 is 1.22 bits per heavy atom. The second-order valence-electron chi connectivity index (χ2n) is 5.54. The summed E-state index contributed by atoms with van der Waals surface area (Å²) in [6.45, 7) is 0. The average molecular weight is 339 g/mol. The molecule has 2 N–H and O–H groups in total. The number of methoxy groups -OCH3 is 1. The molecule has 1 saturated carbocycles. The molecule has 9 heteroatoms. The average Bonchev–Trinajstić information content (AvgIpc) is 2.47. The quantitative estimate of drug-likeness (QED) is 0.559. The van der Waals surface area contributed by atoms with E-state index >= 15 is 0 Å². The van der Waals surface area contributed by atoms with Crippen LogP contribution in [-0.2, 0) is 19.1 Å². The predicted octanol–water partition coefficient (Wildman–Crippen LogP) is 1.11. The van der Waals surface area contributed by atoms with Crippen molar-refractivity contribution in [2.45, 2.75) is 56.8 Å². The molecule has 0 heterocycles. The standard InChI is InChI=1S/C14H20F3NO5/c1-23-13(22)11(9(19)7-10(20)14(15,16)17)12(21)18-8-5-3-2-4-6-8/h8-9,11,19H,2-7H2,1H3,(H,18,21). The fraction of sp³-hybridized carbons (Fsp3) is 0.786. The number of Topliss-reactive ketones (excluding diaryl/α,β-unsaturated/α-hetero) is 1. The van der Waals surface area contributed by atoms with Gasteiger partial charge in [-0.1, -0.05) is 19.3 Å². The van der Waals surface area contributed by atoms with Crippen molar-refractivity contribution in [1.29, 1.82) is 0 Å². The lowest BCUT2D eigenvalue weighted by molar-refractivity contribution is -0.175. The van der Waals surface area contributed by atoms with E-state index in [2.05, 4.69) is 10.1 Å². The van der Waals surface area contributed by atoms with Gasteiger partial charge in [-0.25, -0.2) is 0 Å². The maximum Gasteiger partial charge on any atom is 0.450 e. The molecule has 23 heavy (non-hydrogen) atoms. The highest BCUT2D eigenvalue weighted by molar-refractivity contribution is 5.99. The molecule has 0 aromatic carbocycles. The van der Waals surface area contributed by atoms with Crippen LogP contribution in [-0.4, -0.2) is 48.2 Å². The van der Waals surface area contributed by atoms with Crippen LogP contribution in [0.4, 0.5) is 13.2 Å². The van der Waals surface area contributed by atoms with Crippen LogP contribution in [0.5, 0.6) is 0 Å². The predicted molar refractivity (Wildman–Crippen MR) is 72.2 cm³/mol. The summed E-state index contributed by atoms with van der Waals surface area (Å²) in [6, 6.07) is -0.200. The number of alkyl halides is 3. The molecule has 1 amide bonds. The Hall–Kier alpha value is -1.64. The second kappa shape index (κ2) is 8.28. The number of aliphatic hydroxyl groups excluding tert-OH is 1. The molecule has 0 radical (unpaired) electrons. The van der Waals surface area contributed by atoms with Crippen molar-refractivity contribution >= 4 is 17.7 Å². The summed E-state index contributed by atoms with van der Waals surface area (Å²) in [6.07, 6.45) is -4.42. The lowest BCUT2D eigenvalue weighted by Crippen LogP contribution is -2.48. The molecule has 0 aliphatic heterocycles. The number of halogens is 3. The summed E-state index contributed by atoms with van der Waals surface area (Å²) < 4.78 is 41.1. The zero-order valence-corrected chi connectivity index (χ0v) is 12.7. The van der Waals surface area contributed by atoms with E-state index in [9.17, 15) is 32.7 Å². The number of amides is 1. The van der Waals surface area contributed by atoms with Gasteiger partial charge in [0.15, 0.2) is 5.92 Å². The summed E-state index contributed by atoms with van der Waals surface area (Å²) in [4.78, 5) is 34.7. The Balaban J connectivity index is 2.76. The summed E-state index contributed by atoms with van der Waals surface area (Å²) in [5, 5.41) is 12.3. The van der Waals surface area contributed by atoms with Crippen LogP contribution in [0.15, 0.2) is 0 Å². The monoisotopic (exact) mass is 339 g/mol. The van der Waals surface area contributed by atoms with Gasteiger partial charge in [0.2, 0.25) is 11.7 Å². The number of aliphatic hydroxyl groups is 1. The van der Waals surface area contributed by atoms with Gasteiger partial charge in [0.25, 0.3) is 0 Å². The maximum atomic E-state index is 12.3. The molecule has 0 aromatic heterocycles. The minimum atomic E-state index is -5.14. The third-order valence-corrected chi connectivity index (χ3v) is 3.78. The maximum absolute atomic E-state index is 12.3. The molecule has 1 aliphatic carbocycles. The SMILES string of the molecule is COC(=O)C(C(=O)NC1CCCCC1)C(O)CC(=O)C(F)(F)F. The summed E-state index contributed by atoms with van der Waals surface area (Å²) in [5.41, 5.74) is 0. The van der Waals surface area contributed by atoms with Gasteiger partial charge in [-0.05, 0) is 12.8 Å². The molecule has 2 atom stereocenters. The Labute approximate surface area is 131 Å². The molecule has 1 aliphatic rings. The van der Waals surface area contributed by atoms with Gasteiger partial charge in [-0.3, -0.25) is 14.4 Å². The smallest absolute Gasteiger partial charge is 0.450 e. The highest BCUT2D eigenvalue weighted by atomic mass is 19.4. The number of hydrogen-bond acceptors (Lipinski definition) is 5. The summed E-state index contributed by atoms with van der Waals surface area (Å²) >= 11 is 0. The van der Waals surface area contributed by atoms with Gasteiger partial charge in [0.1, 0.15) is 0 Å². The molecule has 0 saturated heterocycles. The number of hydrogen-bond donors (Lipinski definition) is 2. The third-order valence-electron chi connectivity index (χ3n) is 3.78. The van der Waals surface area contributed by atoms with Gasteiger partial charge in [0.05, 0.1) is 13.2 Å². The number of nitrogens with one attached hydrogen (secondary N) is 1. The topological polar surface area (TPSA) is 92.7 Å². The molecule has 1 rings (SSSR count). The highest BCUT2D eigenvalue weighted by Gasteiger charge is 2.44.